The monoisotopic (exact) mass is 240 g/mol. The lowest BCUT2D eigenvalue weighted by atomic mass is 10.3. The Morgan fingerprint density at radius 1 is 1.29 bits per heavy atom. The molecule has 0 aromatic rings. The maximum absolute atomic E-state index is 11.6. The lowest BCUT2D eigenvalue weighted by Crippen LogP contribution is -2.43. The Morgan fingerprint density at radius 3 is 2.41 bits per heavy atom. The Labute approximate surface area is 102 Å². The minimum absolute atomic E-state index is 0.139. The number of carbonyl (C=O) groups is 2. The second-order valence-electron chi connectivity index (χ2n) is 3.88. The molecule has 0 radical (unpaired) electrons. The van der Waals surface area contributed by atoms with Gasteiger partial charge in [-0.05, 0) is 34.0 Å². The third-order valence-corrected chi connectivity index (χ3v) is 2.22. The zero-order chi connectivity index (χ0) is 13.3. The van der Waals surface area contributed by atoms with Crippen molar-refractivity contribution >= 4 is 11.8 Å². The lowest BCUT2D eigenvalue weighted by molar-refractivity contribution is -0.145. The van der Waals surface area contributed by atoms with Crippen molar-refractivity contribution in [2.24, 2.45) is 0 Å². The summed E-state index contributed by atoms with van der Waals surface area (Å²) in [7, 11) is 3.91. The Balaban J connectivity index is 4.12. The lowest BCUT2D eigenvalue weighted by Gasteiger charge is -2.20. The molecular formula is C11H20N4O2. The van der Waals surface area contributed by atoms with Crippen LogP contribution in [0.4, 0.5) is 0 Å². The zero-order valence-corrected chi connectivity index (χ0v) is 10.7. The molecule has 0 rings (SSSR count). The van der Waals surface area contributed by atoms with Crippen molar-refractivity contribution in [2.45, 2.75) is 13.3 Å². The van der Waals surface area contributed by atoms with E-state index < -0.39 is 11.8 Å². The van der Waals surface area contributed by atoms with Gasteiger partial charge in [0.2, 0.25) is 0 Å². The van der Waals surface area contributed by atoms with Crippen LogP contribution in [-0.2, 0) is 9.59 Å². The van der Waals surface area contributed by atoms with E-state index in [4.69, 9.17) is 5.26 Å². The highest BCUT2D eigenvalue weighted by Crippen LogP contribution is 1.94. The fourth-order valence-corrected chi connectivity index (χ4v) is 1.32. The number of nitrogens with zero attached hydrogens (tertiary/aromatic N) is 3. The molecule has 0 aliphatic heterocycles. The molecule has 0 fully saturated rings. The third-order valence-electron chi connectivity index (χ3n) is 2.22. The van der Waals surface area contributed by atoms with Gasteiger partial charge < -0.3 is 15.1 Å². The molecule has 96 valence electrons. The number of hydrogen-bond donors (Lipinski definition) is 1. The minimum Gasteiger partial charge on any atom is -0.335 e. The maximum atomic E-state index is 11.6. The zero-order valence-electron chi connectivity index (χ0n) is 10.7. The molecule has 0 aromatic heterocycles. The quantitative estimate of drug-likeness (QED) is 0.498. The largest absolute Gasteiger partial charge is 0.335 e. The topological polar surface area (TPSA) is 76.4 Å². The number of carbonyl (C=O) groups excluding carboxylic acids is 2. The molecule has 6 nitrogen and oxygen atoms in total. The van der Waals surface area contributed by atoms with Crippen LogP contribution in [0.25, 0.3) is 0 Å². The number of rotatable bonds is 6. The second kappa shape index (κ2) is 8.53. The van der Waals surface area contributed by atoms with Crippen molar-refractivity contribution in [3.05, 3.63) is 0 Å². The van der Waals surface area contributed by atoms with Crippen molar-refractivity contribution < 1.29 is 9.59 Å². The van der Waals surface area contributed by atoms with Crippen LogP contribution in [0.2, 0.25) is 0 Å². The van der Waals surface area contributed by atoms with E-state index in [1.165, 1.54) is 4.90 Å². The molecule has 0 aliphatic carbocycles. The molecule has 0 saturated carbocycles. The maximum Gasteiger partial charge on any atom is 0.311 e. The van der Waals surface area contributed by atoms with E-state index in [9.17, 15) is 9.59 Å². The summed E-state index contributed by atoms with van der Waals surface area (Å²) >= 11 is 0. The molecule has 17 heavy (non-hydrogen) atoms. The Morgan fingerprint density at radius 2 is 1.94 bits per heavy atom. The standard InChI is InChI=1S/C11H20N4O2/c1-4-15(9-5-8-14(2)3)11(17)10(16)13-7-6-12/h4-5,7-9H2,1-3H3,(H,13,16). The van der Waals surface area contributed by atoms with Crippen molar-refractivity contribution in [1.29, 1.82) is 5.26 Å². The molecule has 0 unspecified atom stereocenters. The van der Waals surface area contributed by atoms with Crippen LogP contribution < -0.4 is 5.32 Å². The molecule has 0 atom stereocenters. The summed E-state index contributed by atoms with van der Waals surface area (Å²) in [6.07, 6.45) is 0.818. The second-order valence-corrected chi connectivity index (χ2v) is 3.88. The predicted octanol–water partition coefficient (Wildman–Crippen LogP) is -0.574. The van der Waals surface area contributed by atoms with Crippen molar-refractivity contribution in [1.82, 2.24) is 15.1 Å². The van der Waals surface area contributed by atoms with Gasteiger partial charge in [-0.1, -0.05) is 0 Å². The highest BCUT2D eigenvalue weighted by molar-refractivity contribution is 6.35. The third kappa shape index (κ3) is 6.53. The molecular weight excluding hydrogens is 220 g/mol. The van der Waals surface area contributed by atoms with Gasteiger partial charge in [0.25, 0.3) is 0 Å². The average molecular weight is 240 g/mol. The fourth-order valence-electron chi connectivity index (χ4n) is 1.32. The van der Waals surface area contributed by atoms with E-state index in [1.807, 2.05) is 25.9 Å². The Bertz CT molecular complexity index is 296. The van der Waals surface area contributed by atoms with Gasteiger partial charge in [0.1, 0.15) is 6.54 Å². The highest BCUT2D eigenvalue weighted by atomic mass is 16.2. The van der Waals surface area contributed by atoms with E-state index in [1.54, 1.807) is 6.07 Å². The van der Waals surface area contributed by atoms with E-state index in [0.717, 1.165) is 13.0 Å². The number of likely N-dealkylation sites (N-methyl/N-ethyl adjacent to an activating group) is 1. The summed E-state index contributed by atoms with van der Waals surface area (Å²) in [5.74, 6) is -1.28. The molecule has 0 aromatic carbocycles. The molecule has 1 N–H and O–H groups in total. The smallest absolute Gasteiger partial charge is 0.311 e. The van der Waals surface area contributed by atoms with Crippen LogP contribution in [0.15, 0.2) is 0 Å². The molecule has 0 heterocycles. The van der Waals surface area contributed by atoms with E-state index in [-0.39, 0.29) is 6.54 Å². The van der Waals surface area contributed by atoms with Crippen LogP contribution in [0, 0.1) is 11.3 Å². The number of hydrogen-bond acceptors (Lipinski definition) is 4. The normalized spacial score (nSPS) is 9.82. The van der Waals surface area contributed by atoms with Gasteiger partial charge in [-0.2, -0.15) is 5.26 Å². The van der Waals surface area contributed by atoms with E-state index in [0.29, 0.717) is 13.1 Å². The SMILES string of the molecule is CCN(CCCN(C)C)C(=O)C(=O)NCC#N. The van der Waals surface area contributed by atoms with Gasteiger partial charge in [0.15, 0.2) is 0 Å². The summed E-state index contributed by atoms with van der Waals surface area (Å²) < 4.78 is 0. The first kappa shape index (κ1) is 15.4. The first-order valence-electron chi connectivity index (χ1n) is 5.61. The van der Waals surface area contributed by atoms with Crippen molar-refractivity contribution in [3.8, 4) is 6.07 Å². The van der Waals surface area contributed by atoms with Crippen LogP contribution in [-0.4, -0.2) is 61.9 Å². The summed E-state index contributed by atoms with van der Waals surface area (Å²) in [4.78, 5) is 26.5. The van der Waals surface area contributed by atoms with Crippen LogP contribution in [0.3, 0.4) is 0 Å². The number of nitrogens with one attached hydrogen (secondary N) is 1. The molecule has 6 heteroatoms. The fraction of sp³-hybridized carbons (Fsp3) is 0.727. The number of nitriles is 1. The summed E-state index contributed by atoms with van der Waals surface area (Å²) in [6, 6.07) is 1.76. The van der Waals surface area contributed by atoms with Crippen LogP contribution >= 0.6 is 0 Å². The average Bonchev–Trinajstić information content (AvgIpc) is 2.30. The molecule has 0 saturated heterocycles. The van der Waals surface area contributed by atoms with E-state index >= 15 is 0 Å². The summed E-state index contributed by atoms with van der Waals surface area (Å²) in [6.45, 7) is 3.59. The van der Waals surface area contributed by atoms with Crippen molar-refractivity contribution in [3.63, 3.8) is 0 Å². The summed E-state index contributed by atoms with van der Waals surface area (Å²) in [5.41, 5.74) is 0. The van der Waals surface area contributed by atoms with E-state index in [2.05, 4.69) is 5.32 Å². The van der Waals surface area contributed by atoms with Gasteiger partial charge in [-0.3, -0.25) is 9.59 Å². The Kier molecular flexibility index (Phi) is 7.72. The van der Waals surface area contributed by atoms with Gasteiger partial charge in [-0.15, -0.1) is 0 Å². The van der Waals surface area contributed by atoms with Crippen LogP contribution in [0.5, 0.6) is 0 Å². The highest BCUT2D eigenvalue weighted by Gasteiger charge is 2.19. The van der Waals surface area contributed by atoms with Gasteiger partial charge in [-0.25, -0.2) is 0 Å². The number of amides is 2. The molecule has 0 aliphatic rings. The van der Waals surface area contributed by atoms with Gasteiger partial charge in [0, 0.05) is 13.1 Å². The van der Waals surface area contributed by atoms with Crippen molar-refractivity contribution in [2.75, 3.05) is 40.3 Å². The molecule has 0 bridgehead atoms. The molecule has 2 amide bonds. The molecule has 0 spiro atoms. The van der Waals surface area contributed by atoms with Gasteiger partial charge >= 0.3 is 11.8 Å². The minimum atomic E-state index is -0.710. The predicted molar refractivity (Wildman–Crippen MR) is 64.0 cm³/mol. The first-order valence-corrected chi connectivity index (χ1v) is 5.61. The van der Waals surface area contributed by atoms with Crippen LogP contribution in [0.1, 0.15) is 13.3 Å². The van der Waals surface area contributed by atoms with Gasteiger partial charge in [0.05, 0.1) is 6.07 Å². The first-order chi connectivity index (χ1) is 8.02. The summed E-state index contributed by atoms with van der Waals surface area (Å²) in [5, 5.41) is 10.5. The Hall–Kier alpha value is -1.61.